The molecule has 2 aromatic carbocycles. The molecule has 5 heteroatoms. The Kier molecular flexibility index (Phi) is 4.56. The van der Waals surface area contributed by atoms with Crippen LogP contribution in [0.15, 0.2) is 42.5 Å². The largest absolute Gasteiger partial charge is 0.321 e. The van der Waals surface area contributed by atoms with E-state index in [2.05, 4.69) is 19.2 Å². The number of aryl methyl sites for hydroxylation is 1. The van der Waals surface area contributed by atoms with E-state index < -0.39 is 4.92 Å². The molecular formula is C17H18N2O3. The van der Waals surface area contributed by atoms with Crippen molar-refractivity contribution >= 4 is 17.3 Å². The molecular weight excluding hydrogens is 280 g/mol. The number of rotatable bonds is 4. The zero-order valence-corrected chi connectivity index (χ0v) is 12.8. The Hall–Kier alpha value is -2.69. The van der Waals surface area contributed by atoms with Crippen molar-refractivity contribution < 1.29 is 9.72 Å². The molecule has 0 saturated carbocycles. The van der Waals surface area contributed by atoms with Crippen molar-refractivity contribution in [2.75, 3.05) is 5.32 Å². The van der Waals surface area contributed by atoms with Gasteiger partial charge in [0.2, 0.25) is 0 Å². The van der Waals surface area contributed by atoms with Crippen LogP contribution in [0.3, 0.4) is 0 Å². The Bertz CT molecular complexity index is 724. The Morgan fingerprint density at radius 3 is 2.50 bits per heavy atom. The summed E-state index contributed by atoms with van der Waals surface area (Å²) < 4.78 is 0. The molecule has 0 heterocycles. The second kappa shape index (κ2) is 6.39. The molecule has 0 saturated heterocycles. The average molecular weight is 298 g/mol. The molecule has 114 valence electrons. The molecule has 0 aromatic heterocycles. The number of para-hydroxylation sites is 1. The highest BCUT2D eigenvalue weighted by Crippen LogP contribution is 2.28. The lowest BCUT2D eigenvalue weighted by molar-refractivity contribution is -0.384. The van der Waals surface area contributed by atoms with E-state index in [1.165, 1.54) is 18.2 Å². The number of hydrogen-bond acceptors (Lipinski definition) is 3. The Morgan fingerprint density at radius 1 is 1.18 bits per heavy atom. The van der Waals surface area contributed by atoms with Crippen molar-refractivity contribution in [2.24, 2.45) is 0 Å². The lowest BCUT2D eigenvalue weighted by Crippen LogP contribution is -2.15. The SMILES string of the molecule is Cc1cccc(C(C)C)c1NC(=O)c1cccc([N+](=O)[O-])c1. The number of carbonyl (C=O) groups excluding carboxylic acids is 1. The summed E-state index contributed by atoms with van der Waals surface area (Å²) in [5, 5.41) is 13.7. The second-order valence-electron chi connectivity index (χ2n) is 5.46. The molecule has 0 radical (unpaired) electrons. The highest BCUT2D eigenvalue weighted by atomic mass is 16.6. The number of anilines is 1. The fourth-order valence-electron chi connectivity index (χ4n) is 2.29. The van der Waals surface area contributed by atoms with E-state index in [-0.39, 0.29) is 23.1 Å². The van der Waals surface area contributed by atoms with Gasteiger partial charge in [0.05, 0.1) is 4.92 Å². The van der Waals surface area contributed by atoms with Crippen LogP contribution in [0.1, 0.15) is 41.3 Å². The number of hydrogen-bond donors (Lipinski definition) is 1. The third-order valence-electron chi connectivity index (χ3n) is 3.48. The minimum absolute atomic E-state index is 0.0958. The van der Waals surface area contributed by atoms with Gasteiger partial charge in [-0.2, -0.15) is 0 Å². The van der Waals surface area contributed by atoms with Crippen molar-refractivity contribution in [2.45, 2.75) is 26.7 Å². The second-order valence-corrected chi connectivity index (χ2v) is 5.46. The molecule has 2 aromatic rings. The first-order valence-electron chi connectivity index (χ1n) is 7.05. The van der Waals surface area contributed by atoms with Gasteiger partial charge in [0, 0.05) is 23.4 Å². The van der Waals surface area contributed by atoms with E-state index in [4.69, 9.17) is 0 Å². The molecule has 22 heavy (non-hydrogen) atoms. The first kappa shape index (κ1) is 15.7. The molecule has 0 spiro atoms. The van der Waals surface area contributed by atoms with Gasteiger partial charge in [-0.15, -0.1) is 0 Å². The molecule has 0 unspecified atom stereocenters. The summed E-state index contributed by atoms with van der Waals surface area (Å²) in [6.45, 7) is 6.03. The molecule has 1 N–H and O–H groups in total. The monoisotopic (exact) mass is 298 g/mol. The fraction of sp³-hybridized carbons (Fsp3) is 0.235. The van der Waals surface area contributed by atoms with Gasteiger partial charge >= 0.3 is 0 Å². The molecule has 0 aliphatic rings. The average Bonchev–Trinajstić information content (AvgIpc) is 2.49. The number of amides is 1. The van der Waals surface area contributed by atoms with Crippen LogP contribution in [-0.4, -0.2) is 10.8 Å². The predicted molar refractivity (Wildman–Crippen MR) is 86.3 cm³/mol. The summed E-state index contributed by atoms with van der Waals surface area (Å²) in [5.41, 5.74) is 2.95. The van der Waals surface area contributed by atoms with Crippen LogP contribution in [-0.2, 0) is 0 Å². The van der Waals surface area contributed by atoms with Gasteiger partial charge < -0.3 is 5.32 Å². The van der Waals surface area contributed by atoms with Crippen LogP contribution < -0.4 is 5.32 Å². The molecule has 5 nitrogen and oxygen atoms in total. The maximum absolute atomic E-state index is 12.4. The van der Waals surface area contributed by atoms with Crippen molar-refractivity contribution in [3.8, 4) is 0 Å². The highest BCUT2D eigenvalue weighted by Gasteiger charge is 2.15. The maximum atomic E-state index is 12.4. The zero-order chi connectivity index (χ0) is 16.3. The lowest BCUT2D eigenvalue weighted by Gasteiger charge is -2.16. The van der Waals surface area contributed by atoms with E-state index in [0.29, 0.717) is 0 Å². The normalized spacial score (nSPS) is 10.5. The number of non-ortho nitro benzene ring substituents is 1. The smallest absolute Gasteiger partial charge is 0.270 e. The molecule has 0 atom stereocenters. The van der Waals surface area contributed by atoms with E-state index >= 15 is 0 Å². The summed E-state index contributed by atoms with van der Waals surface area (Å²) in [6, 6.07) is 11.6. The number of nitrogens with one attached hydrogen (secondary N) is 1. The standard InChI is InChI=1S/C17H18N2O3/c1-11(2)15-9-4-6-12(3)16(15)18-17(20)13-7-5-8-14(10-13)19(21)22/h4-11H,1-3H3,(H,18,20). The van der Waals surface area contributed by atoms with Gasteiger partial charge in [0.15, 0.2) is 0 Å². The van der Waals surface area contributed by atoms with E-state index in [0.717, 1.165) is 16.8 Å². The van der Waals surface area contributed by atoms with Gasteiger partial charge in [0.1, 0.15) is 0 Å². The van der Waals surface area contributed by atoms with Crippen LogP contribution in [0.25, 0.3) is 0 Å². The number of benzene rings is 2. The third kappa shape index (κ3) is 3.31. The third-order valence-corrected chi connectivity index (χ3v) is 3.48. The molecule has 0 fully saturated rings. The Morgan fingerprint density at radius 2 is 1.86 bits per heavy atom. The summed E-state index contributed by atoms with van der Waals surface area (Å²) >= 11 is 0. The van der Waals surface area contributed by atoms with Crippen molar-refractivity contribution in [3.63, 3.8) is 0 Å². The highest BCUT2D eigenvalue weighted by molar-refractivity contribution is 6.05. The predicted octanol–water partition coefficient (Wildman–Crippen LogP) is 4.28. The quantitative estimate of drug-likeness (QED) is 0.676. The fourth-order valence-corrected chi connectivity index (χ4v) is 2.29. The minimum atomic E-state index is -0.510. The van der Waals surface area contributed by atoms with E-state index in [9.17, 15) is 14.9 Å². The van der Waals surface area contributed by atoms with Crippen LogP contribution in [0.2, 0.25) is 0 Å². The molecule has 0 aliphatic heterocycles. The summed E-state index contributed by atoms with van der Waals surface area (Å²) in [4.78, 5) is 22.7. The first-order valence-corrected chi connectivity index (χ1v) is 7.05. The van der Waals surface area contributed by atoms with Crippen LogP contribution in [0.5, 0.6) is 0 Å². The van der Waals surface area contributed by atoms with Crippen molar-refractivity contribution in [3.05, 3.63) is 69.3 Å². The molecule has 0 aliphatic carbocycles. The van der Waals surface area contributed by atoms with E-state index in [1.807, 2.05) is 25.1 Å². The first-order chi connectivity index (χ1) is 10.4. The number of nitro benzene ring substituents is 1. The van der Waals surface area contributed by atoms with Gasteiger partial charge in [-0.3, -0.25) is 14.9 Å². The molecule has 0 bridgehead atoms. The summed E-state index contributed by atoms with van der Waals surface area (Å²) in [6.07, 6.45) is 0. The number of carbonyl (C=O) groups is 1. The zero-order valence-electron chi connectivity index (χ0n) is 12.8. The van der Waals surface area contributed by atoms with Crippen LogP contribution >= 0.6 is 0 Å². The van der Waals surface area contributed by atoms with Gasteiger partial charge in [0.25, 0.3) is 11.6 Å². The topological polar surface area (TPSA) is 72.2 Å². The van der Waals surface area contributed by atoms with Crippen molar-refractivity contribution in [1.29, 1.82) is 0 Å². The minimum Gasteiger partial charge on any atom is -0.321 e. The van der Waals surface area contributed by atoms with Crippen LogP contribution in [0, 0.1) is 17.0 Å². The summed E-state index contributed by atoms with van der Waals surface area (Å²) in [5.74, 6) is -0.0831. The van der Waals surface area contributed by atoms with Crippen molar-refractivity contribution in [1.82, 2.24) is 0 Å². The summed E-state index contributed by atoms with van der Waals surface area (Å²) in [7, 11) is 0. The molecule has 1 amide bonds. The van der Waals surface area contributed by atoms with Crippen LogP contribution in [0.4, 0.5) is 11.4 Å². The lowest BCUT2D eigenvalue weighted by atomic mass is 9.98. The van der Waals surface area contributed by atoms with E-state index in [1.54, 1.807) is 6.07 Å². The Balaban J connectivity index is 2.34. The molecule has 2 rings (SSSR count). The van der Waals surface area contributed by atoms with Gasteiger partial charge in [-0.05, 0) is 30.0 Å². The van der Waals surface area contributed by atoms with Gasteiger partial charge in [-0.1, -0.05) is 38.1 Å². The maximum Gasteiger partial charge on any atom is 0.270 e. The van der Waals surface area contributed by atoms with Gasteiger partial charge in [-0.25, -0.2) is 0 Å². The Labute approximate surface area is 129 Å². The number of nitrogens with zero attached hydrogens (tertiary/aromatic N) is 1. The number of nitro groups is 1.